The van der Waals surface area contributed by atoms with E-state index in [0.717, 1.165) is 23.4 Å². The third-order valence-corrected chi connectivity index (χ3v) is 4.55. The normalized spacial score (nSPS) is 11.5. The fourth-order valence-electron chi connectivity index (χ4n) is 3.05. The van der Waals surface area contributed by atoms with Crippen LogP contribution in [0.25, 0.3) is 10.9 Å². The summed E-state index contributed by atoms with van der Waals surface area (Å²) < 4.78 is 12.5. The Balaban J connectivity index is 1.54. The molecule has 0 aliphatic heterocycles. The van der Waals surface area contributed by atoms with Crippen molar-refractivity contribution in [2.45, 2.75) is 27.3 Å². The molecule has 0 spiro atoms. The Morgan fingerprint density at radius 1 is 1.14 bits per heavy atom. The maximum absolute atomic E-state index is 11.4. The predicted octanol–water partition coefficient (Wildman–Crippen LogP) is 4.33. The van der Waals surface area contributed by atoms with Crippen molar-refractivity contribution in [1.29, 1.82) is 0 Å². The lowest BCUT2D eigenvalue weighted by Gasteiger charge is -2.10. The van der Waals surface area contributed by atoms with Gasteiger partial charge in [0.05, 0.1) is 18.9 Å². The van der Waals surface area contributed by atoms with Crippen LogP contribution in [-0.2, 0) is 20.9 Å². The molecular formula is C23H26N2O4. The van der Waals surface area contributed by atoms with Gasteiger partial charge in [-0.25, -0.2) is 4.79 Å². The Labute approximate surface area is 170 Å². The van der Waals surface area contributed by atoms with Gasteiger partial charge in [0, 0.05) is 11.7 Å². The highest BCUT2D eigenvalue weighted by Gasteiger charge is 2.08. The molecule has 152 valence electrons. The monoisotopic (exact) mass is 394 g/mol. The van der Waals surface area contributed by atoms with Crippen molar-refractivity contribution in [1.82, 2.24) is 4.57 Å². The van der Waals surface area contributed by atoms with Gasteiger partial charge in [-0.15, -0.1) is 0 Å². The van der Waals surface area contributed by atoms with Crippen LogP contribution in [0.5, 0.6) is 5.75 Å². The summed E-state index contributed by atoms with van der Waals surface area (Å²) in [4.78, 5) is 16.9. The van der Waals surface area contributed by atoms with Crippen molar-refractivity contribution in [3.63, 3.8) is 0 Å². The zero-order chi connectivity index (χ0) is 20.6. The average molecular weight is 394 g/mol. The van der Waals surface area contributed by atoms with Gasteiger partial charge in [0.15, 0.2) is 6.61 Å². The minimum absolute atomic E-state index is 0.0989. The number of carbonyl (C=O) groups is 1. The van der Waals surface area contributed by atoms with Crippen LogP contribution in [0.4, 0.5) is 0 Å². The first-order valence-corrected chi connectivity index (χ1v) is 9.68. The summed E-state index contributed by atoms with van der Waals surface area (Å²) in [5.41, 5.74) is 3.82. The Kier molecular flexibility index (Phi) is 6.89. The van der Waals surface area contributed by atoms with Crippen LogP contribution in [0.2, 0.25) is 0 Å². The number of oxime groups is 1. The first kappa shape index (κ1) is 20.5. The number of ether oxygens (including phenoxy) is 2. The van der Waals surface area contributed by atoms with E-state index in [2.05, 4.69) is 34.1 Å². The van der Waals surface area contributed by atoms with E-state index in [1.165, 1.54) is 10.9 Å². The average Bonchev–Trinajstić information content (AvgIpc) is 3.13. The second-order valence-corrected chi connectivity index (χ2v) is 6.65. The number of hydrogen-bond acceptors (Lipinski definition) is 5. The molecule has 0 radical (unpaired) electrons. The topological polar surface area (TPSA) is 62.1 Å². The van der Waals surface area contributed by atoms with Gasteiger partial charge in [-0.2, -0.15) is 0 Å². The van der Waals surface area contributed by atoms with E-state index in [1.807, 2.05) is 44.2 Å². The van der Waals surface area contributed by atoms with E-state index < -0.39 is 0 Å². The maximum Gasteiger partial charge on any atom is 0.344 e. The highest BCUT2D eigenvalue weighted by molar-refractivity contribution is 5.98. The fourth-order valence-corrected chi connectivity index (χ4v) is 3.05. The molecule has 6 heteroatoms. The SMILES string of the molecule is CCOC(=O)COc1ccc(/C(C)=N/OCCn2ccc3ccccc32)cc1C. The minimum atomic E-state index is -0.377. The number of hydrogen-bond donors (Lipinski definition) is 0. The molecule has 0 bridgehead atoms. The highest BCUT2D eigenvalue weighted by Crippen LogP contribution is 2.20. The Morgan fingerprint density at radius 2 is 1.97 bits per heavy atom. The van der Waals surface area contributed by atoms with E-state index in [0.29, 0.717) is 19.0 Å². The van der Waals surface area contributed by atoms with Crippen molar-refractivity contribution in [2.75, 3.05) is 19.8 Å². The lowest BCUT2D eigenvalue weighted by Crippen LogP contribution is -2.15. The number of para-hydroxylation sites is 1. The summed E-state index contributed by atoms with van der Waals surface area (Å²) in [6.45, 7) is 7.05. The van der Waals surface area contributed by atoms with E-state index in [9.17, 15) is 4.79 Å². The van der Waals surface area contributed by atoms with Crippen molar-refractivity contribution < 1.29 is 19.1 Å². The van der Waals surface area contributed by atoms with E-state index >= 15 is 0 Å². The van der Waals surface area contributed by atoms with Gasteiger partial charge < -0.3 is 18.9 Å². The third-order valence-electron chi connectivity index (χ3n) is 4.55. The first-order valence-electron chi connectivity index (χ1n) is 9.68. The maximum atomic E-state index is 11.4. The van der Waals surface area contributed by atoms with Crippen LogP contribution in [0, 0.1) is 6.92 Å². The number of rotatable bonds is 9. The second kappa shape index (κ2) is 9.78. The largest absolute Gasteiger partial charge is 0.482 e. The van der Waals surface area contributed by atoms with Crippen LogP contribution in [0.1, 0.15) is 25.0 Å². The molecule has 0 amide bonds. The zero-order valence-electron chi connectivity index (χ0n) is 17.1. The molecule has 1 heterocycles. The van der Waals surface area contributed by atoms with Gasteiger partial charge in [-0.3, -0.25) is 0 Å². The lowest BCUT2D eigenvalue weighted by atomic mass is 10.1. The summed E-state index contributed by atoms with van der Waals surface area (Å²) in [7, 11) is 0. The Hall–Kier alpha value is -3.28. The second-order valence-electron chi connectivity index (χ2n) is 6.65. The smallest absolute Gasteiger partial charge is 0.344 e. The summed E-state index contributed by atoms with van der Waals surface area (Å²) in [6.07, 6.45) is 2.06. The molecule has 0 atom stereocenters. The number of aryl methyl sites for hydroxylation is 1. The number of aromatic nitrogens is 1. The third kappa shape index (κ3) is 5.38. The minimum Gasteiger partial charge on any atom is -0.482 e. The molecule has 0 fully saturated rings. The van der Waals surface area contributed by atoms with E-state index in [1.54, 1.807) is 6.92 Å². The van der Waals surface area contributed by atoms with Crippen LogP contribution in [-0.4, -0.2) is 36.1 Å². The molecule has 0 saturated heterocycles. The Bertz CT molecular complexity index is 1010. The van der Waals surface area contributed by atoms with E-state index in [-0.39, 0.29) is 12.6 Å². The van der Waals surface area contributed by atoms with Gasteiger partial charge >= 0.3 is 5.97 Å². The van der Waals surface area contributed by atoms with Crippen molar-refractivity contribution in [3.05, 3.63) is 65.9 Å². The molecule has 0 aliphatic carbocycles. The molecular weight excluding hydrogens is 368 g/mol. The molecule has 1 aromatic heterocycles. The van der Waals surface area contributed by atoms with Crippen LogP contribution >= 0.6 is 0 Å². The lowest BCUT2D eigenvalue weighted by molar-refractivity contribution is -0.145. The van der Waals surface area contributed by atoms with Gasteiger partial charge in [-0.1, -0.05) is 23.4 Å². The molecule has 0 saturated carbocycles. The van der Waals surface area contributed by atoms with Crippen molar-refractivity contribution in [3.8, 4) is 5.75 Å². The summed E-state index contributed by atoms with van der Waals surface area (Å²) in [5.74, 6) is 0.271. The number of esters is 1. The molecule has 0 N–H and O–H groups in total. The van der Waals surface area contributed by atoms with Gasteiger partial charge in [0.1, 0.15) is 12.4 Å². The van der Waals surface area contributed by atoms with Crippen LogP contribution in [0.15, 0.2) is 59.9 Å². The summed E-state index contributed by atoms with van der Waals surface area (Å²) in [5, 5.41) is 5.45. The standard InChI is InChI=1S/C23H26N2O4/c1-4-27-23(26)16-28-22-10-9-20(15-17(22)2)18(3)24-29-14-13-25-12-11-19-7-5-6-8-21(19)25/h5-12,15H,4,13-14,16H2,1-3H3/b24-18+. The Morgan fingerprint density at radius 3 is 2.76 bits per heavy atom. The quantitative estimate of drug-likeness (QED) is 0.235. The molecule has 29 heavy (non-hydrogen) atoms. The molecule has 0 unspecified atom stereocenters. The zero-order valence-corrected chi connectivity index (χ0v) is 17.1. The first-order chi connectivity index (χ1) is 14.1. The number of benzene rings is 2. The van der Waals surface area contributed by atoms with Crippen LogP contribution < -0.4 is 4.74 Å². The summed E-state index contributed by atoms with van der Waals surface area (Å²) in [6, 6.07) is 16.0. The van der Waals surface area contributed by atoms with Gasteiger partial charge in [0.2, 0.25) is 0 Å². The highest BCUT2D eigenvalue weighted by atomic mass is 16.6. The molecule has 3 aromatic rings. The number of nitrogens with zero attached hydrogens (tertiary/aromatic N) is 2. The van der Waals surface area contributed by atoms with Crippen LogP contribution in [0.3, 0.4) is 0 Å². The summed E-state index contributed by atoms with van der Waals surface area (Å²) >= 11 is 0. The van der Waals surface area contributed by atoms with Crippen molar-refractivity contribution >= 4 is 22.6 Å². The number of carbonyl (C=O) groups excluding carboxylic acids is 1. The molecule has 2 aromatic carbocycles. The predicted molar refractivity (Wildman–Crippen MR) is 113 cm³/mol. The van der Waals surface area contributed by atoms with Gasteiger partial charge in [0.25, 0.3) is 0 Å². The molecule has 0 aliphatic rings. The molecule has 3 rings (SSSR count). The number of fused-ring (bicyclic) bond motifs is 1. The van der Waals surface area contributed by atoms with Crippen molar-refractivity contribution in [2.24, 2.45) is 5.16 Å². The molecule has 6 nitrogen and oxygen atoms in total. The fraction of sp³-hybridized carbons (Fsp3) is 0.304. The van der Waals surface area contributed by atoms with E-state index in [4.69, 9.17) is 14.3 Å². The van der Waals surface area contributed by atoms with Gasteiger partial charge in [-0.05, 0) is 67.6 Å².